The first-order chi connectivity index (χ1) is 8.74. The van der Waals surface area contributed by atoms with Crippen molar-refractivity contribution in [2.75, 3.05) is 0 Å². The number of hydrogen-bond donors (Lipinski definition) is 1. The van der Waals surface area contributed by atoms with Crippen LogP contribution in [-0.4, -0.2) is 14.5 Å². The lowest BCUT2D eigenvalue weighted by molar-refractivity contribution is 0.488. The van der Waals surface area contributed by atoms with Crippen molar-refractivity contribution in [2.45, 2.75) is 19.9 Å². The van der Waals surface area contributed by atoms with Crippen molar-refractivity contribution >= 4 is 11.0 Å². The molecule has 0 saturated heterocycles. The van der Waals surface area contributed by atoms with Gasteiger partial charge in [-0.2, -0.15) is 0 Å². The summed E-state index contributed by atoms with van der Waals surface area (Å²) in [6.45, 7) is 2.48. The molecule has 0 aromatic carbocycles. The molecular formula is C13H13N3O2. The standard InChI is InChI=1S/C13H13N3O2/c1-9-7-11-12(15-9)14-8-16(13(11)17)5-4-10-3-2-6-18-10/h2-3,6-8,15H,4-5H2,1H3. The Hall–Kier alpha value is -2.30. The van der Waals surface area contributed by atoms with Crippen LogP contribution >= 0.6 is 0 Å². The van der Waals surface area contributed by atoms with Crippen LogP contribution in [0.1, 0.15) is 11.5 Å². The molecular weight excluding hydrogens is 230 g/mol. The zero-order chi connectivity index (χ0) is 12.5. The highest BCUT2D eigenvalue weighted by Crippen LogP contribution is 2.07. The minimum Gasteiger partial charge on any atom is -0.469 e. The monoisotopic (exact) mass is 243 g/mol. The predicted molar refractivity (Wildman–Crippen MR) is 67.5 cm³/mol. The first-order valence-corrected chi connectivity index (χ1v) is 5.81. The Morgan fingerprint density at radius 2 is 2.39 bits per heavy atom. The average Bonchev–Trinajstić information content (AvgIpc) is 2.97. The molecule has 0 aliphatic heterocycles. The molecule has 0 amide bonds. The van der Waals surface area contributed by atoms with E-state index in [0.29, 0.717) is 24.0 Å². The van der Waals surface area contributed by atoms with Crippen molar-refractivity contribution in [3.05, 3.63) is 52.6 Å². The number of H-pyrrole nitrogens is 1. The molecule has 0 unspecified atom stereocenters. The maximum atomic E-state index is 12.2. The van der Waals surface area contributed by atoms with E-state index in [0.717, 1.165) is 11.5 Å². The molecule has 0 fully saturated rings. The van der Waals surface area contributed by atoms with E-state index in [1.807, 2.05) is 25.1 Å². The zero-order valence-corrected chi connectivity index (χ0v) is 10.0. The van der Waals surface area contributed by atoms with Gasteiger partial charge < -0.3 is 9.40 Å². The zero-order valence-electron chi connectivity index (χ0n) is 10.0. The van der Waals surface area contributed by atoms with Gasteiger partial charge in [0.15, 0.2) is 0 Å². The van der Waals surface area contributed by atoms with E-state index in [1.54, 1.807) is 17.2 Å². The van der Waals surface area contributed by atoms with Crippen molar-refractivity contribution in [2.24, 2.45) is 0 Å². The lowest BCUT2D eigenvalue weighted by atomic mass is 10.3. The largest absolute Gasteiger partial charge is 0.469 e. The molecule has 0 radical (unpaired) electrons. The summed E-state index contributed by atoms with van der Waals surface area (Å²) in [7, 11) is 0. The molecule has 3 heterocycles. The van der Waals surface area contributed by atoms with Crippen LogP contribution in [0.5, 0.6) is 0 Å². The van der Waals surface area contributed by atoms with Crippen molar-refractivity contribution < 1.29 is 4.42 Å². The first-order valence-electron chi connectivity index (χ1n) is 5.81. The van der Waals surface area contributed by atoms with Gasteiger partial charge in [-0.25, -0.2) is 4.98 Å². The summed E-state index contributed by atoms with van der Waals surface area (Å²) in [5, 5.41) is 0.634. The van der Waals surface area contributed by atoms with E-state index in [2.05, 4.69) is 9.97 Å². The number of nitrogens with zero attached hydrogens (tertiary/aromatic N) is 2. The summed E-state index contributed by atoms with van der Waals surface area (Å²) >= 11 is 0. The molecule has 5 heteroatoms. The number of furan rings is 1. The molecule has 18 heavy (non-hydrogen) atoms. The van der Waals surface area contributed by atoms with Crippen LogP contribution in [0.25, 0.3) is 11.0 Å². The Bertz CT molecular complexity index is 722. The fourth-order valence-corrected chi connectivity index (χ4v) is 2.02. The van der Waals surface area contributed by atoms with E-state index in [4.69, 9.17) is 4.42 Å². The highest BCUT2D eigenvalue weighted by atomic mass is 16.3. The summed E-state index contributed by atoms with van der Waals surface area (Å²) < 4.78 is 6.85. The number of rotatable bonds is 3. The number of hydrogen-bond acceptors (Lipinski definition) is 3. The van der Waals surface area contributed by atoms with Gasteiger partial charge in [0, 0.05) is 18.7 Å². The summed E-state index contributed by atoms with van der Waals surface area (Å²) in [5.41, 5.74) is 1.57. The van der Waals surface area contributed by atoms with Crippen molar-refractivity contribution in [1.29, 1.82) is 0 Å². The minimum atomic E-state index is -0.0177. The van der Waals surface area contributed by atoms with Crippen molar-refractivity contribution in [1.82, 2.24) is 14.5 Å². The van der Waals surface area contributed by atoms with Crippen molar-refractivity contribution in [3.63, 3.8) is 0 Å². The van der Waals surface area contributed by atoms with Gasteiger partial charge >= 0.3 is 0 Å². The maximum Gasteiger partial charge on any atom is 0.262 e. The van der Waals surface area contributed by atoms with Gasteiger partial charge in [-0.1, -0.05) is 0 Å². The lowest BCUT2D eigenvalue weighted by Crippen LogP contribution is -2.21. The summed E-state index contributed by atoms with van der Waals surface area (Å²) in [6.07, 6.45) is 3.89. The van der Waals surface area contributed by atoms with Gasteiger partial charge in [0.1, 0.15) is 11.4 Å². The fourth-order valence-electron chi connectivity index (χ4n) is 2.02. The van der Waals surface area contributed by atoms with Gasteiger partial charge in [0.05, 0.1) is 18.0 Å². The van der Waals surface area contributed by atoms with Crippen LogP contribution in [0.4, 0.5) is 0 Å². The smallest absolute Gasteiger partial charge is 0.262 e. The molecule has 0 bridgehead atoms. The third kappa shape index (κ3) is 1.84. The Kier molecular flexibility index (Phi) is 2.51. The number of fused-ring (bicyclic) bond motifs is 1. The van der Waals surface area contributed by atoms with Crippen molar-refractivity contribution in [3.8, 4) is 0 Å². The molecule has 5 nitrogen and oxygen atoms in total. The highest BCUT2D eigenvalue weighted by Gasteiger charge is 2.06. The van der Waals surface area contributed by atoms with Crippen LogP contribution in [0.2, 0.25) is 0 Å². The Labute approximate surface area is 103 Å². The maximum absolute atomic E-state index is 12.2. The van der Waals surface area contributed by atoms with Crippen LogP contribution in [-0.2, 0) is 13.0 Å². The summed E-state index contributed by atoms with van der Waals surface area (Å²) in [4.78, 5) is 19.5. The molecule has 3 aromatic heterocycles. The number of aromatic amines is 1. The van der Waals surface area contributed by atoms with E-state index >= 15 is 0 Å². The van der Waals surface area contributed by atoms with E-state index in [1.165, 1.54) is 0 Å². The lowest BCUT2D eigenvalue weighted by Gasteiger charge is -2.03. The van der Waals surface area contributed by atoms with E-state index < -0.39 is 0 Å². The Balaban J connectivity index is 1.92. The van der Waals surface area contributed by atoms with Crippen LogP contribution < -0.4 is 5.56 Å². The first kappa shape index (κ1) is 10.8. The number of nitrogens with one attached hydrogen (secondary N) is 1. The van der Waals surface area contributed by atoms with Gasteiger partial charge in [-0.15, -0.1) is 0 Å². The molecule has 3 aromatic rings. The molecule has 0 saturated carbocycles. The van der Waals surface area contributed by atoms with Crippen LogP contribution in [0.15, 0.2) is 40.0 Å². The quantitative estimate of drug-likeness (QED) is 0.763. The van der Waals surface area contributed by atoms with Gasteiger partial charge in [0.25, 0.3) is 5.56 Å². The molecule has 0 atom stereocenters. The average molecular weight is 243 g/mol. The second-order valence-corrected chi connectivity index (χ2v) is 4.29. The summed E-state index contributed by atoms with van der Waals surface area (Å²) in [5.74, 6) is 0.868. The fraction of sp³-hybridized carbons (Fsp3) is 0.231. The summed E-state index contributed by atoms with van der Waals surface area (Å²) in [6, 6.07) is 5.57. The Morgan fingerprint density at radius 3 is 3.17 bits per heavy atom. The second kappa shape index (κ2) is 4.18. The van der Waals surface area contributed by atoms with Crippen LogP contribution in [0.3, 0.4) is 0 Å². The number of aryl methyl sites for hydroxylation is 3. The van der Waals surface area contributed by atoms with Gasteiger partial charge in [-0.05, 0) is 25.1 Å². The molecule has 1 N–H and O–H groups in total. The van der Waals surface area contributed by atoms with E-state index in [-0.39, 0.29) is 5.56 Å². The normalized spacial score (nSPS) is 11.2. The Morgan fingerprint density at radius 1 is 1.50 bits per heavy atom. The minimum absolute atomic E-state index is 0.0177. The highest BCUT2D eigenvalue weighted by molar-refractivity contribution is 5.74. The molecule has 3 rings (SSSR count). The molecule has 0 aliphatic rings. The molecule has 0 aliphatic carbocycles. The van der Waals surface area contributed by atoms with Gasteiger partial charge in [0.2, 0.25) is 0 Å². The third-order valence-electron chi connectivity index (χ3n) is 2.93. The SMILES string of the molecule is Cc1cc2c(=O)n(CCc3ccco3)cnc2[nH]1. The molecule has 92 valence electrons. The van der Waals surface area contributed by atoms with E-state index in [9.17, 15) is 4.79 Å². The number of aromatic nitrogens is 3. The van der Waals surface area contributed by atoms with Crippen LogP contribution in [0, 0.1) is 6.92 Å². The molecule has 0 spiro atoms. The second-order valence-electron chi connectivity index (χ2n) is 4.29. The van der Waals surface area contributed by atoms with Gasteiger partial charge in [-0.3, -0.25) is 9.36 Å². The topological polar surface area (TPSA) is 63.8 Å². The third-order valence-corrected chi connectivity index (χ3v) is 2.93. The predicted octanol–water partition coefficient (Wildman–Crippen LogP) is 1.87.